The lowest BCUT2D eigenvalue weighted by Gasteiger charge is -2.14. The van der Waals surface area contributed by atoms with Crippen LogP contribution >= 0.6 is 0 Å². The fraction of sp³-hybridized carbons (Fsp3) is 0.909. The lowest BCUT2D eigenvalue weighted by atomic mass is 10.0. The molecule has 0 spiro atoms. The molecule has 1 amide bonds. The van der Waals surface area contributed by atoms with Gasteiger partial charge >= 0.3 is 0 Å². The second-order valence-electron chi connectivity index (χ2n) is 4.47. The highest BCUT2D eigenvalue weighted by molar-refractivity contribution is 5.76. The summed E-state index contributed by atoms with van der Waals surface area (Å²) >= 11 is 0. The number of nitrogens with one attached hydrogen (secondary N) is 1. The van der Waals surface area contributed by atoms with Crippen molar-refractivity contribution in [2.75, 3.05) is 19.6 Å². The number of carbonyl (C=O) groups excluding carboxylic acids is 1. The Balaban J connectivity index is 2.22. The van der Waals surface area contributed by atoms with Gasteiger partial charge in [0.1, 0.15) is 0 Å². The first kappa shape index (κ1) is 11.5. The Hall–Kier alpha value is -0.570. The number of nitrogens with zero attached hydrogens (tertiary/aromatic N) is 1. The summed E-state index contributed by atoms with van der Waals surface area (Å²) in [5.41, 5.74) is 0. The Morgan fingerprint density at radius 1 is 1.57 bits per heavy atom. The molecule has 1 heterocycles. The predicted molar refractivity (Wildman–Crippen MR) is 58.1 cm³/mol. The molecule has 1 saturated heterocycles. The summed E-state index contributed by atoms with van der Waals surface area (Å²) in [6.45, 7) is 9.56. The molecule has 0 aromatic heterocycles. The zero-order valence-electron chi connectivity index (χ0n) is 9.55. The van der Waals surface area contributed by atoms with Gasteiger partial charge in [-0.3, -0.25) is 4.79 Å². The molecule has 1 rings (SSSR count). The van der Waals surface area contributed by atoms with Crippen molar-refractivity contribution in [3.8, 4) is 0 Å². The molecule has 14 heavy (non-hydrogen) atoms. The average molecular weight is 198 g/mol. The summed E-state index contributed by atoms with van der Waals surface area (Å²) in [4.78, 5) is 13.9. The van der Waals surface area contributed by atoms with E-state index in [4.69, 9.17) is 0 Å². The molecule has 82 valence electrons. The SMILES string of the molecule is CCN1CCC(CC(=O)NC(C)C)C1. The largest absolute Gasteiger partial charge is 0.354 e. The van der Waals surface area contributed by atoms with Crippen LogP contribution in [-0.4, -0.2) is 36.5 Å². The van der Waals surface area contributed by atoms with Crippen molar-refractivity contribution in [1.29, 1.82) is 0 Å². The molecule has 0 aromatic rings. The summed E-state index contributed by atoms with van der Waals surface area (Å²) in [6, 6.07) is 0.270. The molecule has 1 fully saturated rings. The summed E-state index contributed by atoms with van der Waals surface area (Å²) in [6.07, 6.45) is 1.88. The van der Waals surface area contributed by atoms with Gasteiger partial charge in [0.25, 0.3) is 0 Å². The molecule has 0 aliphatic carbocycles. The van der Waals surface area contributed by atoms with E-state index in [1.54, 1.807) is 0 Å². The van der Waals surface area contributed by atoms with Crippen molar-refractivity contribution in [2.45, 2.75) is 39.7 Å². The molecule has 0 bridgehead atoms. The first-order valence-electron chi connectivity index (χ1n) is 5.63. The van der Waals surface area contributed by atoms with E-state index in [1.807, 2.05) is 13.8 Å². The number of amides is 1. The van der Waals surface area contributed by atoms with E-state index in [2.05, 4.69) is 17.1 Å². The monoisotopic (exact) mass is 198 g/mol. The molecule has 1 unspecified atom stereocenters. The number of hydrogen-bond acceptors (Lipinski definition) is 2. The molecule has 3 nitrogen and oxygen atoms in total. The van der Waals surface area contributed by atoms with Crippen LogP contribution in [-0.2, 0) is 4.79 Å². The van der Waals surface area contributed by atoms with Crippen LogP contribution in [0.2, 0.25) is 0 Å². The van der Waals surface area contributed by atoms with Gasteiger partial charge in [-0.15, -0.1) is 0 Å². The minimum atomic E-state index is 0.211. The third-order valence-electron chi connectivity index (χ3n) is 2.74. The van der Waals surface area contributed by atoms with Crippen molar-refractivity contribution in [3.63, 3.8) is 0 Å². The predicted octanol–water partition coefficient (Wildman–Crippen LogP) is 1.24. The standard InChI is InChI=1S/C11H22N2O/c1-4-13-6-5-10(8-13)7-11(14)12-9(2)3/h9-10H,4-8H2,1-3H3,(H,12,14). The first-order valence-corrected chi connectivity index (χ1v) is 5.63. The fourth-order valence-corrected chi connectivity index (χ4v) is 2.01. The van der Waals surface area contributed by atoms with E-state index in [0.29, 0.717) is 12.3 Å². The Morgan fingerprint density at radius 2 is 2.29 bits per heavy atom. The smallest absolute Gasteiger partial charge is 0.220 e. The van der Waals surface area contributed by atoms with Gasteiger partial charge in [-0.1, -0.05) is 6.92 Å². The highest BCUT2D eigenvalue weighted by atomic mass is 16.1. The highest BCUT2D eigenvalue weighted by Crippen LogP contribution is 2.18. The van der Waals surface area contributed by atoms with E-state index in [0.717, 1.165) is 19.6 Å². The highest BCUT2D eigenvalue weighted by Gasteiger charge is 2.23. The second kappa shape index (κ2) is 5.35. The minimum Gasteiger partial charge on any atom is -0.354 e. The molecule has 0 saturated carbocycles. The molecule has 1 atom stereocenters. The van der Waals surface area contributed by atoms with E-state index >= 15 is 0 Å². The van der Waals surface area contributed by atoms with Crippen LogP contribution in [0, 0.1) is 5.92 Å². The molecular weight excluding hydrogens is 176 g/mol. The summed E-state index contributed by atoms with van der Waals surface area (Å²) in [5, 5.41) is 2.95. The van der Waals surface area contributed by atoms with Crippen molar-refractivity contribution < 1.29 is 4.79 Å². The van der Waals surface area contributed by atoms with E-state index in [1.165, 1.54) is 6.42 Å². The Morgan fingerprint density at radius 3 is 2.79 bits per heavy atom. The fourth-order valence-electron chi connectivity index (χ4n) is 2.01. The molecule has 3 heteroatoms. The molecule has 1 N–H and O–H groups in total. The van der Waals surface area contributed by atoms with Gasteiger partial charge < -0.3 is 10.2 Å². The van der Waals surface area contributed by atoms with Crippen molar-refractivity contribution in [2.24, 2.45) is 5.92 Å². The maximum Gasteiger partial charge on any atom is 0.220 e. The Kier molecular flexibility index (Phi) is 4.39. The maximum absolute atomic E-state index is 11.5. The van der Waals surface area contributed by atoms with Crippen LogP contribution in [0.15, 0.2) is 0 Å². The van der Waals surface area contributed by atoms with Crippen LogP contribution in [0.3, 0.4) is 0 Å². The van der Waals surface area contributed by atoms with Gasteiger partial charge in [0.15, 0.2) is 0 Å². The molecule has 1 aliphatic rings. The average Bonchev–Trinajstić information content (AvgIpc) is 2.50. The summed E-state index contributed by atoms with van der Waals surface area (Å²) in [7, 11) is 0. The van der Waals surface area contributed by atoms with Crippen LogP contribution < -0.4 is 5.32 Å². The Labute approximate surface area is 86.9 Å². The normalized spacial score (nSPS) is 23.0. The van der Waals surface area contributed by atoms with Crippen LogP contribution in [0.5, 0.6) is 0 Å². The Bertz CT molecular complexity index is 192. The van der Waals surface area contributed by atoms with E-state index in [-0.39, 0.29) is 11.9 Å². The third-order valence-corrected chi connectivity index (χ3v) is 2.74. The molecule has 0 aromatic carbocycles. The molecular formula is C11H22N2O. The lowest BCUT2D eigenvalue weighted by molar-refractivity contribution is -0.122. The number of carbonyl (C=O) groups is 1. The van der Waals surface area contributed by atoms with E-state index in [9.17, 15) is 4.79 Å². The van der Waals surface area contributed by atoms with Gasteiger partial charge in [0.05, 0.1) is 0 Å². The van der Waals surface area contributed by atoms with Gasteiger partial charge in [0.2, 0.25) is 5.91 Å². The third kappa shape index (κ3) is 3.66. The first-order chi connectivity index (χ1) is 6.61. The second-order valence-corrected chi connectivity index (χ2v) is 4.47. The molecule has 0 radical (unpaired) electrons. The zero-order chi connectivity index (χ0) is 10.6. The number of rotatable bonds is 4. The van der Waals surface area contributed by atoms with Gasteiger partial charge in [0, 0.05) is 19.0 Å². The van der Waals surface area contributed by atoms with Crippen LogP contribution in [0.25, 0.3) is 0 Å². The summed E-state index contributed by atoms with van der Waals surface area (Å²) < 4.78 is 0. The number of hydrogen-bond donors (Lipinski definition) is 1. The van der Waals surface area contributed by atoms with Crippen LogP contribution in [0.4, 0.5) is 0 Å². The maximum atomic E-state index is 11.5. The van der Waals surface area contributed by atoms with Gasteiger partial charge in [-0.2, -0.15) is 0 Å². The quantitative estimate of drug-likeness (QED) is 0.737. The lowest BCUT2D eigenvalue weighted by Crippen LogP contribution is -2.32. The van der Waals surface area contributed by atoms with Crippen molar-refractivity contribution >= 4 is 5.91 Å². The minimum absolute atomic E-state index is 0.211. The van der Waals surface area contributed by atoms with Gasteiger partial charge in [-0.25, -0.2) is 0 Å². The van der Waals surface area contributed by atoms with E-state index < -0.39 is 0 Å². The van der Waals surface area contributed by atoms with Crippen molar-refractivity contribution in [1.82, 2.24) is 10.2 Å². The van der Waals surface area contributed by atoms with Crippen molar-refractivity contribution in [3.05, 3.63) is 0 Å². The topological polar surface area (TPSA) is 32.3 Å². The summed E-state index contributed by atoms with van der Waals surface area (Å²) in [5.74, 6) is 0.789. The number of likely N-dealkylation sites (tertiary alicyclic amines) is 1. The molecule has 1 aliphatic heterocycles. The zero-order valence-corrected chi connectivity index (χ0v) is 9.55. The van der Waals surface area contributed by atoms with Gasteiger partial charge in [-0.05, 0) is 39.3 Å². The van der Waals surface area contributed by atoms with Crippen LogP contribution in [0.1, 0.15) is 33.6 Å².